The normalized spacial score (nSPS) is 12.1. The van der Waals surface area contributed by atoms with E-state index in [1.54, 1.807) is 0 Å². The van der Waals surface area contributed by atoms with Crippen molar-refractivity contribution in [3.8, 4) is 5.75 Å². The molecule has 0 spiro atoms. The van der Waals surface area contributed by atoms with Crippen LogP contribution >= 0.6 is 0 Å². The number of benzene rings is 1. The minimum atomic E-state index is -0.224. The van der Waals surface area contributed by atoms with Crippen LogP contribution in [0.2, 0.25) is 0 Å². The molecular weight excluding hydrogens is 386 g/mol. The number of anilines is 2. The Morgan fingerprint density at radius 3 is 2.06 bits per heavy atom. The smallest absolute Gasteiger partial charge is 0.224 e. The van der Waals surface area contributed by atoms with Gasteiger partial charge in [0.1, 0.15) is 11.6 Å². The Morgan fingerprint density at radius 1 is 0.968 bits per heavy atom. The number of hydrogen-bond acceptors (Lipinski definition) is 4. The molecule has 2 rings (SSSR count). The number of pyridine rings is 1. The zero-order chi connectivity index (χ0) is 23.4. The van der Waals surface area contributed by atoms with Gasteiger partial charge in [0.15, 0.2) is 0 Å². The molecule has 0 aliphatic rings. The molecule has 31 heavy (non-hydrogen) atoms. The lowest BCUT2D eigenvalue weighted by Crippen LogP contribution is -2.19. The number of nitrogens with zero attached hydrogens (tertiary/aromatic N) is 1. The van der Waals surface area contributed by atoms with Gasteiger partial charge in [-0.25, -0.2) is 4.98 Å². The number of aromatic nitrogens is 1. The molecule has 0 aliphatic carbocycles. The monoisotopic (exact) mass is 425 g/mol. The van der Waals surface area contributed by atoms with E-state index < -0.39 is 0 Å². The summed E-state index contributed by atoms with van der Waals surface area (Å²) in [5.74, 6) is 0.888. The van der Waals surface area contributed by atoms with Crippen molar-refractivity contribution in [3.63, 3.8) is 0 Å². The summed E-state index contributed by atoms with van der Waals surface area (Å²) in [4.78, 5) is 16.9. The SMILES string of the molecule is Cc1cc(N)nc(CCCCCC(=O)Nc2cc(C(C)(C)C)c(O)c(C(C)(C)C)c2)c1. The Labute approximate surface area is 187 Å². The minimum absolute atomic E-state index is 0.00309. The highest BCUT2D eigenvalue weighted by molar-refractivity contribution is 5.91. The largest absolute Gasteiger partial charge is 0.507 e. The lowest BCUT2D eigenvalue weighted by Gasteiger charge is -2.28. The molecular formula is C26H39N3O2. The summed E-state index contributed by atoms with van der Waals surface area (Å²) in [6, 6.07) is 7.73. The fraction of sp³-hybridized carbons (Fsp3) is 0.538. The van der Waals surface area contributed by atoms with Gasteiger partial charge in [0.25, 0.3) is 0 Å². The molecule has 0 aliphatic heterocycles. The van der Waals surface area contributed by atoms with Crippen LogP contribution in [0.4, 0.5) is 11.5 Å². The lowest BCUT2D eigenvalue weighted by atomic mass is 9.79. The number of nitrogens with two attached hydrogens (primary N) is 1. The molecule has 1 heterocycles. The maximum atomic E-state index is 12.5. The van der Waals surface area contributed by atoms with Crippen molar-refractivity contribution in [3.05, 3.63) is 46.6 Å². The number of phenols is 1. The molecule has 1 amide bonds. The predicted molar refractivity (Wildman–Crippen MR) is 130 cm³/mol. The summed E-state index contributed by atoms with van der Waals surface area (Å²) >= 11 is 0. The maximum Gasteiger partial charge on any atom is 0.224 e. The quantitative estimate of drug-likeness (QED) is 0.374. The van der Waals surface area contributed by atoms with Crippen LogP contribution in [0.25, 0.3) is 0 Å². The molecule has 0 radical (unpaired) electrons. The maximum absolute atomic E-state index is 12.5. The number of carbonyl (C=O) groups excluding carboxylic acids is 1. The summed E-state index contributed by atoms with van der Waals surface area (Å²) in [5, 5.41) is 13.9. The standard InChI is InChI=1S/C26H39N3O2/c1-17-13-18(28-22(27)14-17)11-9-8-10-12-23(30)29-19-15-20(25(2,3)4)24(31)21(16-19)26(5,6)7/h13-16,31H,8-12H2,1-7H3,(H2,27,28)(H,29,30). The van der Waals surface area contributed by atoms with E-state index in [2.05, 4.69) is 57.9 Å². The van der Waals surface area contributed by atoms with Gasteiger partial charge in [-0.2, -0.15) is 0 Å². The van der Waals surface area contributed by atoms with Crippen molar-refractivity contribution in [1.82, 2.24) is 4.98 Å². The lowest BCUT2D eigenvalue weighted by molar-refractivity contribution is -0.116. The Hall–Kier alpha value is -2.56. The molecule has 0 unspecified atom stereocenters. The molecule has 1 aromatic carbocycles. The fourth-order valence-corrected chi connectivity index (χ4v) is 3.74. The average Bonchev–Trinajstić information content (AvgIpc) is 2.60. The molecule has 5 nitrogen and oxygen atoms in total. The molecule has 4 N–H and O–H groups in total. The topological polar surface area (TPSA) is 88.2 Å². The third-order valence-electron chi connectivity index (χ3n) is 5.39. The van der Waals surface area contributed by atoms with Gasteiger partial charge in [0.2, 0.25) is 5.91 Å². The summed E-state index contributed by atoms with van der Waals surface area (Å²) in [7, 11) is 0. The molecule has 0 fully saturated rings. The van der Waals surface area contributed by atoms with Gasteiger partial charge in [-0.15, -0.1) is 0 Å². The van der Waals surface area contributed by atoms with E-state index in [-0.39, 0.29) is 16.7 Å². The zero-order valence-electron chi connectivity index (χ0n) is 20.2. The minimum Gasteiger partial charge on any atom is -0.507 e. The van der Waals surface area contributed by atoms with E-state index in [0.29, 0.717) is 18.0 Å². The van der Waals surface area contributed by atoms with Crippen LogP contribution in [0.5, 0.6) is 5.75 Å². The van der Waals surface area contributed by atoms with Crippen molar-refractivity contribution >= 4 is 17.4 Å². The summed E-state index contributed by atoms with van der Waals surface area (Å²) in [6.45, 7) is 14.4. The van der Waals surface area contributed by atoms with E-state index in [4.69, 9.17) is 5.73 Å². The number of aryl methyl sites for hydroxylation is 2. The van der Waals surface area contributed by atoms with Crippen LogP contribution in [-0.2, 0) is 22.0 Å². The molecule has 1 aromatic heterocycles. The van der Waals surface area contributed by atoms with Crippen LogP contribution in [0.15, 0.2) is 24.3 Å². The third kappa shape index (κ3) is 7.27. The van der Waals surface area contributed by atoms with Gasteiger partial charge in [0, 0.05) is 28.9 Å². The van der Waals surface area contributed by atoms with Crippen molar-refractivity contribution in [1.29, 1.82) is 0 Å². The highest BCUT2D eigenvalue weighted by Gasteiger charge is 2.26. The molecule has 0 bridgehead atoms. The number of nitrogen functional groups attached to an aromatic ring is 1. The second-order valence-electron chi connectivity index (χ2n) is 10.6. The molecule has 0 saturated carbocycles. The first-order chi connectivity index (χ1) is 14.3. The number of nitrogens with one attached hydrogen (secondary N) is 1. The third-order valence-corrected chi connectivity index (χ3v) is 5.39. The van der Waals surface area contributed by atoms with Gasteiger partial charge >= 0.3 is 0 Å². The highest BCUT2D eigenvalue weighted by atomic mass is 16.3. The first-order valence-corrected chi connectivity index (χ1v) is 11.2. The van der Waals surface area contributed by atoms with E-state index in [1.165, 1.54) is 0 Å². The number of carbonyl (C=O) groups is 1. The van der Waals surface area contributed by atoms with E-state index >= 15 is 0 Å². The number of unbranched alkanes of at least 4 members (excludes halogenated alkanes) is 2. The Balaban J connectivity index is 1.95. The van der Waals surface area contributed by atoms with Crippen LogP contribution in [0.1, 0.15) is 89.6 Å². The summed E-state index contributed by atoms with van der Waals surface area (Å²) in [6.07, 6.45) is 4.10. The Kier molecular flexibility index (Phi) is 7.74. The van der Waals surface area contributed by atoms with E-state index in [1.807, 2.05) is 25.1 Å². The molecule has 5 heteroatoms. The summed E-state index contributed by atoms with van der Waals surface area (Å²) < 4.78 is 0. The number of phenolic OH excluding ortho intramolecular Hbond substituents is 1. The van der Waals surface area contributed by atoms with Crippen molar-refractivity contribution in [2.24, 2.45) is 0 Å². The van der Waals surface area contributed by atoms with Gasteiger partial charge in [-0.3, -0.25) is 4.79 Å². The molecule has 2 aromatic rings. The Bertz CT molecular complexity index is 866. The number of hydrogen-bond donors (Lipinski definition) is 3. The van der Waals surface area contributed by atoms with Gasteiger partial charge in [0.05, 0.1) is 0 Å². The average molecular weight is 426 g/mol. The van der Waals surface area contributed by atoms with Gasteiger partial charge < -0.3 is 16.2 Å². The van der Waals surface area contributed by atoms with Gasteiger partial charge in [-0.1, -0.05) is 48.0 Å². The number of aromatic hydroxyl groups is 1. The van der Waals surface area contributed by atoms with Gasteiger partial charge in [-0.05, 0) is 66.8 Å². The first kappa shape index (κ1) is 24.7. The second-order valence-corrected chi connectivity index (χ2v) is 10.6. The van der Waals surface area contributed by atoms with Crippen LogP contribution < -0.4 is 11.1 Å². The fourth-order valence-electron chi connectivity index (χ4n) is 3.74. The van der Waals surface area contributed by atoms with Crippen molar-refractivity contribution < 1.29 is 9.90 Å². The number of rotatable bonds is 7. The van der Waals surface area contributed by atoms with Crippen LogP contribution in [-0.4, -0.2) is 16.0 Å². The molecule has 0 atom stereocenters. The van der Waals surface area contributed by atoms with E-state index in [9.17, 15) is 9.90 Å². The molecule has 170 valence electrons. The second kappa shape index (κ2) is 9.71. The van der Waals surface area contributed by atoms with Crippen LogP contribution in [0.3, 0.4) is 0 Å². The zero-order valence-corrected chi connectivity index (χ0v) is 20.2. The summed E-state index contributed by atoms with van der Waals surface area (Å²) in [5.41, 5.74) is 9.94. The highest BCUT2D eigenvalue weighted by Crippen LogP contribution is 2.41. The van der Waals surface area contributed by atoms with Crippen molar-refractivity contribution in [2.75, 3.05) is 11.1 Å². The predicted octanol–water partition coefficient (Wildman–Crippen LogP) is 6.01. The van der Waals surface area contributed by atoms with Crippen molar-refractivity contribution in [2.45, 2.75) is 91.4 Å². The van der Waals surface area contributed by atoms with E-state index in [0.717, 1.165) is 53.8 Å². The number of amides is 1. The Morgan fingerprint density at radius 2 is 1.55 bits per heavy atom. The first-order valence-electron chi connectivity index (χ1n) is 11.2. The molecule has 0 saturated heterocycles. The van der Waals surface area contributed by atoms with Crippen LogP contribution in [0, 0.1) is 6.92 Å².